The van der Waals surface area contributed by atoms with Gasteiger partial charge in [0.2, 0.25) is 5.89 Å². The second-order valence-electron chi connectivity index (χ2n) is 6.51. The number of ether oxygens (including phenoxy) is 1. The van der Waals surface area contributed by atoms with Gasteiger partial charge in [0, 0.05) is 13.0 Å². The minimum Gasteiger partial charge on any atom is -0.483 e. The molecule has 0 amide bonds. The molecule has 0 aliphatic heterocycles. The van der Waals surface area contributed by atoms with Crippen LogP contribution in [0.15, 0.2) is 46.6 Å². The molecule has 2 aromatic heterocycles. The molecule has 2 heterocycles. The molecule has 28 heavy (non-hydrogen) atoms. The SMILES string of the molecule is C=CCn1c(COc2ccccc2F)nnc1SCc1nc(CC(C)C)no1. The zero-order valence-corrected chi connectivity index (χ0v) is 16.7. The minimum absolute atomic E-state index is 0.0986. The summed E-state index contributed by atoms with van der Waals surface area (Å²) in [6.45, 7) is 8.59. The van der Waals surface area contributed by atoms with Crippen molar-refractivity contribution in [3.05, 3.63) is 60.3 Å². The summed E-state index contributed by atoms with van der Waals surface area (Å²) in [6, 6.07) is 6.25. The molecule has 0 radical (unpaired) electrons. The molecule has 0 spiro atoms. The topological polar surface area (TPSA) is 78.9 Å². The van der Waals surface area contributed by atoms with Crippen molar-refractivity contribution in [1.82, 2.24) is 24.9 Å². The van der Waals surface area contributed by atoms with Gasteiger partial charge in [0.1, 0.15) is 6.61 Å². The van der Waals surface area contributed by atoms with E-state index < -0.39 is 5.82 Å². The maximum Gasteiger partial charge on any atom is 0.237 e. The van der Waals surface area contributed by atoms with Gasteiger partial charge >= 0.3 is 0 Å². The smallest absolute Gasteiger partial charge is 0.237 e. The fourth-order valence-corrected chi connectivity index (χ4v) is 3.28. The number of para-hydroxylation sites is 1. The standard InChI is InChI=1S/C19H22FN5O2S/c1-4-9-25-17(11-26-15-8-6-5-7-14(15)20)22-23-19(25)28-12-18-21-16(24-27-18)10-13(2)3/h4-8,13H,1,9-12H2,2-3H3. The second-order valence-corrected chi connectivity index (χ2v) is 7.45. The molecular weight excluding hydrogens is 381 g/mol. The summed E-state index contributed by atoms with van der Waals surface area (Å²) in [6.07, 6.45) is 2.52. The van der Waals surface area contributed by atoms with E-state index in [4.69, 9.17) is 9.26 Å². The molecule has 0 atom stereocenters. The Morgan fingerprint density at radius 3 is 2.89 bits per heavy atom. The largest absolute Gasteiger partial charge is 0.483 e. The van der Waals surface area contributed by atoms with Gasteiger partial charge in [-0.05, 0) is 18.1 Å². The Kier molecular flexibility index (Phi) is 6.80. The normalized spacial score (nSPS) is 11.1. The number of allylic oxidation sites excluding steroid dienone is 1. The van der Waals surface area contributed by atoms with E-state index in [-0.39, 0.29) is 12.4 Å². The van der Waals surface area contributed by atoms with Crippen LogP contribution < -0.4 is 4.74 Å². The van der Waals surface area contributed by atoms with Crippen LogP contribution >= 0.6 is 11.8 Å². The quantitative estimate of drug-likeness (QED) is 0.373. The van der Waals surface area contributed by atoms with E-state index in [1.165, 1.54) is 17.8 Å². The summed E-state index contributed by atoms with van der Waals surface area (Å²) in [5.74, 6) is 2.53. The third-order valence-electron chi connectivity index (χ3n) is 3.72. The molecular formula is C19H22FN5O2S. The van der Waals surface area contributed by atoms with Crippen molar-refractivity contribution in [3.63, 3.8) is 0 Å². The summed E-state index contributed by atoms with van der Waals surface area (Å²) in [5, 5.41) is 13.0. The molecule has 3 aromatic rings. The first-order valence-electron chi connectivity index (χ1n) is 8.91. The summed E-state index contributed by atoms with van der Waals surface area (Å²) in [5.41, 5.74) is 0. The number of rotatable bonds is 10. The zero-order chi connectivity index (χ0) is 19.9. The number of thioether (sulfide) groups is 1. The Hall–Kier alpha value is -2.68. The van der Waals surface area contributed by atoms with E-state index in [1.807, 2.05) is 4.57 Å². The molecule has 0 saturated heterocycles. The predicted molar refractivity (Wildman–Crippen MR) is 103 cm³/mol. The average molecular weight is 403 g/mol. The number of halogens is 1. The van der Waals surface area contributed by atoms with Crippen LogP contribution in [0.4, 0.5) is 4.39 Å². The summed E-state index contributed by atoms with van der Waals surface area (Å²) >= 11 is 1.43. The second kappa shape index (κ2) is 9.50. The lowest BCUT2D eigenvalue weighted by Gasteiger charge is -2.09. The van der Waals surface area contributed by atoms with Gasteiger partial charge in [-0.3, -0.25) is 4.57 Å². The Labute approximate surface area is 167 Å². The van der Waals surface area contributed by atoms with Crippen LogP contribution in [0.1, 0.15) is 31.4 Å². The van der Waals surface area contributed by atoms with Crippen LogP contribution in [-0.2, 0) is 25.3 Å². The lowest BCUT2D eigenvalue weighted by atomic mass is 10.1. The highest BCUT2D eigenvalue weighted by atomic mass is 32.2. The van der Waals surface area contributed by atoms with Crippen LogP contribution in [0.3, 0.4) is 0 Å². The fourth-order valence-electron chi connectivity index (χ4n) is 2.47. The summed E-state index contributed by atoms with van der Waals surface area (Å²) in [4.78, 5) is 4.39. The maximum absolute atomic E-state index is 13.7. The zero-order valence-electron chi connectivity index (χ0n) is 15.8. The van der Waals surface area contributed by atoms with Crippen LogP contribution in [0, 0.1) is 11.7 Å². The molecule has 7 nitrogen and oxygen atoms in total. The van der Waals surface area contributed by atoms with E-state index >= 15 is 0 Å². The van der Waals surface area contributed by atoms with E-state index in [0.29, 0.717) is 40.9 Å². The molecule has 0 aliphatic carbocycles. The first-order valence-corrected chi connectivity index (χ1v) is 9.90. The van der Waals surface area contributed by atoms with Crippen molar-refractivity contribution in [1.29, 1.82) is 0 Å². The first kappa shape index (κ1) is 20.1. The van der Waals surface area contributed by atoms with E-state index in [1.54, 1.807) is 24.3 Å². The Morgan fingerprint density at radius 2 is 2.14 bits per heavy atom. The maximum atomic E-state index is 13.7. The monoisotopic (exact) mass is 403 g/mol. The van der Waals surface area contributed by atoms with Gasteiger partial charge in [0.15, 0.2) is 28.4 Å². The predicted octanol–water partition coefficient (Wildman–Crippen LogP) is 4.06. The van der Waals surface area contributed by atoms with Gasteiger partial charge in [-0.15, -0.1) is 16.8 Å². The number of hydrogen-bond donors (Lipinski definition) is 0. The van der Waals surface area contributed by atoms with E-state index in [9.17, 15) is 4.39 Å². The molecule has 148 valence electrons. The summed E-state index contributed by atoms with van der Waals surface area (Å²) < 4.78 is 26.4. The molecule has 0 aliphatic rings. The van der Waals surface area contributed by atoms with Gasteiger partial charge < -0.3 is 9.26 Å². The van der Waals surface area contributed by atoms with Gasteiger partial charge in [-0.2, -0.15) is 4.98 Å². The number of hydrogen-bond acceptors (Lipinski definition) is 7. The van der Waals surface area contributed by atoms with Crippen molar-refractivity contribution in [2.45, 2.75) is 44.3 Å². The van der Waals surface area contributed by atoms with Crippen LogP contribution in [0.25, 0.3) is 0 Å². The Bertz CT molecular complexity index is 925. The van der Waals surface area contributed by atoms with Crippen LogP contribution in [0.5, 0.6) is 5.75 Å². The molecule has 3 rings (SSSR count). The van der Waals surface area contributed by atoms with Gasteiger partial charge in [0.05, 0.1) is 5.75 Å². The number of nitrogens with zero attached hydrogens (tertiary/aromatic N) is 5. The van der Waals surface area contributed by atoms with E-state index in [0.717, 1.165) is 6.42 Å². The molecule has 0 unspecified atom stereocenters. The van der Waals surface area contributed by atoms with Crippen molar-refractivity contribution >= 4 is 11.8 Å². The molecule has 0 saturated carbocycles. The third kappa shape index (κ3) is 5.19. The fraction of sp³-hybridized carbons (Fsp3) is 0.368. The number of benzene rings is 1. The third-order valence-corrected chi connectivity index (χ3v) is 4.68. The summed E-state index contributed by atoms with van der Waals surface area (Å²) in [7, 11) is 0. The Morgan fingerprint density at radius 1 is 1.32 bits per heavy atom. The highest BCUT2D eigenvalue weighted by Gasteiger charge is 2.15. The van der Waals surface area contributed by atoms with Gasteiger partial charge in [-0.25, -0.2) is 4.39 Å². The first-order chi connectivity index (χ1) is 13.6. The van der Waals surface area contributed by atoms with Crippen molar-refractivity contribution < 1.29 is 13.7 Å². The molecule has 0 fully saturated rings. The molecule has 0 bridgehead atoms. The van der Waals surface area contributed by atoms with Gasteiger partial charge in [-0.1, -0.05) is 49.0 Å². The molecule has 1 aromatic carbocycles. The average Bonchev–Trinajstić information content (AvgIpc) is 3.26. The molecule has 0 N–H and O–H groups in total. The van der Waals surface area contributed by atoms with Crippen molar-refractivity contribution in [2.75, 3.05) is 0 Å². The van der Waals surface area contributed by atoms with Crippen LogP contribution in [-0.4, -0.2) is 24.9 Å². The number of aromatic nitrogens is 5. The van der Waals surface area contributed by atoms with Crippen molar-refractivity contribution in [3.8, 4) is 5.75 Å². The Balaban J connectivity index is 1.65. The minimum atomic E-state index is -0.416. The van der Waals surface area contributed by atoms with Crippen molar-refractivity contribution in [2.24, 2.45) is 5.92 Å². The van der Waals surface area contributed by atoms with Gasteiger partial charge in [0.25, 0.3) is 0 Å². The van der Waals surface area contributed by atoms with E-state index in [2.05, 4.69) is 40.8 Å². The molecule has 9 heteroatoms. The highest BCUT2D eigenvalue weighted by Crippen LogP contribution is 2.23. The van der Waals surface area contributed by atoms with Crippen LogP contribution in [0.2, 0.25) is 0 Å². The highest BCUT2D eigenvalue weighted by molar-refractivity contribution is 7.98. The lowest BCUT2D eigenvalue weighted by Crippen LogP contribution is -2.08. The lowest BCUT2D eigenvalue weighted by molar-refractivity contribution is 0.275.